The Morgan fingerprint density at radius 2 is 1.85 bits per heavy atom. The molecule has 1 amide bonds. The summed E-state index contributed by atoms with van der Waals surface area (Å²) in [4.78, 5) is 15.3. The number of aromatic nitrogens is 2. The van der Waals surface area contributed by atoms with Crippen molar-refractivity contribution in [2.45, 2.75) is 40.7 Å². The third-order valence-electron chi connectivity index (χ3n) is 5.41. The van der Waals surface area contributed by atoms with Crippen LogP contribution >= 0.6 is 24.0 Å². The number of aryl methyl sites for hydroxylation is 1. The van der Waals surface area contributed by atoms with Crippen LogP contribution in [0.1, 0.15) is 38.8 Å². The summed E-state index contributed by atoms with van der Waals surface area (Å²) < 4.78 is 8.39. The molecule has 1 aliphatic rings. The topological polar surface area (TPSA) is 47.4 Å². The molecule has 0 radical (unpaired) electrons. The molecule has 0 aliphatic carbocycles. The molecule has 0 N–H and O–H groups in total. The minimum absolute atomic E-state index is 0.0194. The lowest BCUT2D eigenvalue weighted by Gasteiger charge is -2.18. The zero-order chi connectivity index (χ0) is 24.4. The van der Waals surface area contributed by atoms with Crippen molar-refractivity contribution in [1.82, 2.24) is 14.7 Å². The number of para-hydroxylation sites is 1. The van der Waals surface area contributed by atoms with E-state index in [0.717, 1.165) is 33.8 Å². The van der Waals surface area contributed by atoms with Crippen molar-refractivity contribution in [3.05, 3.63) is 70.8 Å². The van der Waals surface area contributed by atoms with Crippen LogP contribution in [0.5, 0.6) is 5.75 Å². The van der Waals surface area contributed by atoms with E-state index in [2.05, 4.69) is 19.9 Å². The highest BCUT2D eigenvalue weighted by molar-refractivity contribution is 8.26. The maximum Gasteiger partial charge on any atom is 0.266 e. The minimum atomic E-state index is -0.0583. The molecule has 1 aliphatic heterocycles. The highest BCUT2D eigenvalue weighted by Crippen LogP contribution is 2.36. The fourth-order valence-corrected chi connectivity index (χ4v) is 5.23. The molecule has 1 aromatic heterocycles. The number of carbonyl (C=O) groups is 1. The largest absolute Gasteiger partial charge is 0.493 e. The molecule has 3 aromatic rings. The first kappa shape index (κ1) is 24.2. The Hall–Kier alpha value is -2.90. The van der Waals surface area contributed by atoms with Gasteiger partial charge in [0.05, 0.1) is 17.2 Å². The van der Waals surface area contributed by atoms with Crippen LogP contribution in [0.3, 0.4) is 0 Å². The summed E-state index contributed by atoms with van der Waals surface area (Å²) in [5, 5.41) is 4.90. The number of hydrogen-bond acceptors (Lipinski definition) is 5. The summed E-state index contributed by atoms with van der Waals surface area (Å²) in [5.74, 6) is 1.27. The molecule has 2 heterocycles. The average molecular weight is 492 g/mol. The van der Waals surface area contributed by atoms with Crippen LogP contribution in [0.4, 0.5) is 0 Å². The van der Waals surface area contributed by atoms with E-state index in [1.807, 2.05) is 80.2 Å². The zero-order valence-electron chi connectivity index (χ0n) is 20.1. The minimum Gasteiger partial charge on any atom is -0.493 e. The van der Waals surface area contributed by atoms with Crippen molar-refractivity contribution < 1.29 is 9.53 Å². The van der Waals surface area contributed by atoms with Gasteiger partial charge in [-0.05, 0) is 68.7 Å². The fraction of sp³-hybridized carbons (Fsp3) is 0.296. The molecule has 4 rings (SSSR count). The Bertz CT molecular complexity index is 1250. The van der Waals surface area contributed by atoms with E-state index in [1.165, 1.54) is 11.8 Å². The van der Waals surface area contributed by atoms with Crippen LogP contribution in [-0.4, -0.2) is 37.6 Å². The number of carbonyl (C=O) groups excluding carboxylic acids is 1. The van der Waals surface area contributed by atoms with Gasteiger partial charge in [-0.3, -0.25) is 9.69 Å². The van der Waals surface area contributed by atoms with Crippen LogP contribution in [0.25, 0.3) is 23.0 Å². The number of benzene rings is 2. The molecule has 0 bridgehead atoms. The van der Waals surface area contributed by atoms with E-state index in [0.29, 0.717) is 21.8 Å². The average Bonchev–Trinajstić information content (AvgIpc) is 3.34. The second-order valence-corrected chi connectivity index (χ2v) is 10.7. The SMILES string of the molecule is Cc1cc(-c2nn(-c3ccccc3)cc2/C=C2\SC(=S)N(C(C)C)C2=O)ccc1OCC(C)C. The van der Waals surface area contributed by atoms with E-state index < -0.39 is 0 Å². The highest BCUT2D eigenvalue weighted by atomic mass is 32.2. The molecule has 2 aromatic carbocycles. The summed E-state index contributed by atoms with van der Waals surface area (Å²) in [6.45, 7) is 10.9. The first-order valence-corrected chi connectivity index (χ1v) is 12.6. The predicted octanol–water partition coefficient (Wildman–Crippen LogP) is 6.49. The van der Waals surface area contributed by atoms with Crippen molar-refractivity contribution >= 4 is 40.3 Å². The van der Waals surface area contributed by atoms with Crippen LogP contribution in [0.15, 0.2) is 59.6 Å². The number of thioether (sulfide) groups is 1. The van der Waals surface area contributed by atoms with Crippen molar-refractivity contribution in [2.75, 3.05) is 6.61 Å². The zero-order valence-corrected chi connectivity index (χ0v) is 21.7. The molecule has 0 spiro atoms. The van der Waals surface area contributed by atoms with Crippen molar-refractivity contribution in [3.8, 4) is 22.7 Å². The van der Waals surface area contributed by atoms with Gasteiger partial charge in [0.15, 0.2) is 0 Å². The maximum absolute atomic E-state index is 13.0. The van der Waals surface area contributed by atoms with E-state index in [4.69, 9.17) is 22.1 Å². The van der Waals surface area contributed by atoms with E-state index >= 15 is 0 Å². The number of amides is 1. The van der Waals surface area contributed by atoms with Gasteiger partial charge < -0.3 is 4.74 Å². The highest BCUT2D eigenvalue weighted by Gasteiger charge is 2.34. The molecular weight excluding hydrogens is 462 g/mol. The first-order valence-electron chi connectivity index (χ1n) is 11.4. The van der Waals surface area contributed by atoms with Gasteiger partial charge in [0.25, 0.3) is 5.91 Å². The van der Waals surface area contributed by atoms with Crippen molar-refractivity contribution in [1.29, 1.82) is 0 Å². The smallest absolute Gasteiger partial charge is 0.266 e. The summed E-state index contributed by atoms with van der Waals surface area (Å²) in [7, 11) is 0. The first-order chi connectivity index (χ1) is 16.2. The summed E-state index contributed by atoms with van der Waals surface area (Å²) in [5.41, 5.74) is 4.63. The van der Waals surface area contributed by atoms with Crippen molar-refractivity contribution in [2.24, 2.45) is 5.92 Å². The summed E-state index contributed by atoms with van der Waals surface area (Å²) in [6.07, 6.45) is 3.87. The van der Waals surface area contributed by atoms with Crippen LogP contribution in [-0.2, 0) is 4.79 Å². The third kappa shape index (κ3) is 5.10. The lowest BCUT2D eigenvalue weighted by molar-refractivity contribution is -0.123. The molecule has 0 atom stereocenters. The molecule has 176 valence electrons. The van der Waals surface area contributed by atoms with E-state index in [-0.39, 0.29) is 11.9 Å². The van der Waals surface area contributed by atoms with E-state index in [9.17, 15) is 4.79 Å². The Morgan fingerprint density at radius 3 is 2.47 bits per heavy atom. The van der Waals surface area contributed by atoms with Gasteiger partial charge in [0.1, 0.15) is 15.8 Å². The Morgan fingerprint density at radius 1 is 1.12 bits per heavy atom. The van der Waals surface area contributed by atoms with Crippen molar-refractivity contribution in [3.63, 3.8) is 0 Å². The molecule has 0 unspecified atom stereocenters. The van der Waals surface area contributed by atoms with Gasteiger partial charge in [0.2, 0.25) is 0 Å². The van der Waals surface area contributed by atoms with Gasteiger partial charge in [-0.1, -0.05) is 56.0 Å². The number of rotatable bonds is 7. The second kappa shape index (κ2) is 10.2. The van der Waals surface area contributed by atoms with Gasteiger partial charge in [-0.2, -0.15) is 5.10 Å². The monoisotopic (exact) mass is 491 g/mol. The fourth-order valence-electron chi connectivity index (χ4n) is 3.71. The molecule has 1 saturated heterocycles. The quantitative estimate of drug-likeness (QED) is 0.279. The third-order valence-corrected chi connectivity index (χ3v) is 6.74. The Balaban J connectivity index is 1.77. The number of ether oxygens (including phenoxy) is 1. The normalized spacial score (nSPS) is 15.3. The van der Waals surface area contributed by atoms with Gasteiger partial charge >= 0.3 is 0 Å². The Labute approximate surface area is 210 Å². The number of thiocarbonyl (C=S) groups is 1. The molecular formula is C27H29N3O2S2. The molecule has 1 fully saturated rings. The van der Waals surface area contributed by atoms with Crippen LogP contribution in [0.2, 0.25) is 0 Å². The van der Waals surface area contributed by atoms with Gasteiger partial charge in [-0.15, -0.1) is 0 Å². The van der Waals surface area contributed by atoms with E-state index in [1.54, 1.807) is 4.90 Å². The van der Waals surface area contributed by atoms with Gasteiger partial charge in [0, 0.05) is 23.4 Å². The second-order valence-electron chi connectivity index (χ2n) is 9.04. The summed E-state index contributed by atoms with van der Waals surface area (Å²) in [6, 6.07) is 16.1. The lowest BCUT2D eigenvalue weighted by Crippen LogP contribution is -2.34. The summed E-state index contributed by atoms with van der Waals surface area (Å²) >= 11 is 6.80. The number of hydrogen-bond donors (Lipinski definition) is 0. The standard InChI is InChI=1S/C27H29N3O2S2/c1-17(2)16-32-23-12-11-20(13-19(23)5)25-21(15-29(28-25)22-9-7-6-8-10-22)14-24-26(31)30(18(3)4)27(33)34-24/h6-15,17-18H,16H2,1-5H3/b24-14-. The maximum atomic E-state index is 13.0. The number of nitrogens with zero attached hydrogens (tertiary/aromatic N) is 3. The van der Waals surface area contributed by atoms with Gasteiger partial charge in [-0.25, -0.2) is 4.68 Å². The molecule has 5 nitrogen and oxygen atoms in total. The molecule has 34 heavy (non-hydrogen) atoms. The predicted molar refractivity (Wildman–Crippen MR) is 144 cm³/mol. The lowest BCUT2D eigenvalue weighted by atomic mass is 10.0. The van der Waals surface area contributed by atoms with Crippen LogP contribution < -0.4 is 4.74 Å². The van der Waals surface area contributed by atoms with Crippen LogP contribution in [0, 0.1) is 12.8 Å². The molecule has 0 saturated carbocycles. The Kier molecular flexibility index (Phi) is 7.24. The molecule has 7 heteroatoms.